The molecule has 3 rings (SSSR count). The highest BCUT2D eigenvalue weighted by molar-refractivity contribution is 14.0. The third-order valence-electron chi connectivity index (χ3n) is 4.12. The van der Waals surface area contributed by atoms with Gasteiger partial charge in [-0.15, -0.1) is 24.0 Å². The Labute approximate surface area is 175 Å². The molecule has 0 atom stereocenters. The smallest absolute Gasteiger partial charge is 0.228 e. The SMILES string of the molecule is CN=C(NCCCn1c(C)nc2ccccc21)NCCc1nc(C)no1.I. The molecule has 27 heavy (non-hydrogen) atoms. The number of nitrogens with zero attached hydrogens (tertiary/aromatic N) is 5. The first-order valence-corrected chi connectivity index (χ1v) is 8.83. The normalized spacial score (nSPS) is 11.4. The number of nitrogens with one attached hydrogen (secondary N) is 2. The van der Waals surface area contributed by atoms with Crippen molar-refractivity contribution in [2.75, 3.05) is 20.1 Å². The third kappa shape index (κ3) is 5.65. The van der Waals surface area contributed by atoms with Gasteiger partial charge in [0.05, 0.1) is 11.0 Å². The number of aromatic nitrogens is 4. The molecule has 0 bridgehead atoms. The van der Waals surface area contributed by atoms with Crippen molar-refractivity contribution in [2.24, 2.45) is 4.99 Å². The van der Waals surface area contributed by atoms with Crippen LogP contribution in [0, 0.1) is 13.8 Å². The lowest BCUT2D eigenvalue weighted by atomic mass is 10.3. The predicted molar refractivity (Wildman–Crippen MR) is 117 cm³/mol. The van der Waals surface area contributed by atoms with Crippen LogP contribution >= 0.6 is 24.0 Å². The number of fused-ring (bicyclic) bond motifs is 1. The van der Waals surface area contributed by atoms with Crippen LogP contribution in [-0.2, 0) is 13.0 Å². The van der Waals surface area contributed by atoms with E-state index in [-0.39, 0.29) is 24.0 Å². The summed E-state index contributed by atoms with van der Waals surface area (Å²) in [4.78, 5) is 13.0. The molecule has 0 radical (unpaired) electrons. The minimum absolute atomic E-state index is 0. The van der Waals surface area contributed by atoms with Gasteiger partial charge in [0.2, 0.25) is 5.89 Å². The molecule has 0 fully saturated rings. The van der Waals surface area contributed by atoms with E-state index in [1.54, 1.807) is 7.05 Å². The number of imidazole rings is 1. The van der Waals surface area contributed by atoms with Crippen molar-refractivity contribution in [3.63, 3.8) is 0 Å². The van der Waals surface area contributed by atoms with Gasteiger partial charge in [-0.3, -0.25) is 4.99 Å². The van der Waals surface area contributed by atoms with Crippen molar-refractivity contribution in [3.05, 3.63) is 41.8 Å². The summed E-state index contributed by atoms with van der Waals surface area (Å²) in [5.74, 6) is 3.11. The summed E-state index contributed by atoms with van der Waals surface area (Å²) >= 11 is 0. The van der Waals surface area contributed by atoms with Crippen molar-refractivity contribution in [2.45, 2.75) is 33.2 Å². The van der Waals surface area contributed by atoms with Crippen LogP contribution in [0.1, 0.15) is 24.0 Å². The maximum Gasteiger partial charge on any atom is 0.228 e. The summed E-state index contributed by atoms with van der Waals surface area (Å²) in [5, 5.41) is 10.4. The van der Waals surface area contributed by atoms with Gasteiger partial charge in [0.15, 0.2) is 11.8 Å². The molecule has 0 aliphatic heterocycles. The van der Waals surface area contributed by atoms with Crippen molar-refractivity contribution < 1.29 is 4.52 Å². The first-order valence-electron chi connectivity index (χ1n) is 8.83. The highest BCUT2D eigenvalue weighted by Gasteiger charge is 2.06. The van der Waals surface area contributed by atoms with E-state index in [0.29, 0.717) is 24.7 Å². The highest BCUT2D eigenvalue weighted by atomic mass is 127. The van der Waals surface area contributed by atoms with Gasteiger partial charge in [0.25, 0.3) is 0 Å². The van der Waals surface area contributed by atoms with Crippen molar-refractivity contribution in [3.8, 4) is 0 Å². The van der Waals surface area contributed by atoms with E-state index >= 15 is 0 Å². The number of aryl methyl sites for hydroxylation is 3. The van der Waals surface area contributed by atoms with Crippen LogP contribution in [0.4, 0.5) is 0 Å². The molecule has 146 valence electrons. The molecular formula is C18H26IN7O. The van der Waals surface area contributed by atoms with Gasteiger partial charge >= 0.3 is 0 Å². The fourth-order valence-corrected chi connectivity index (χ4v) is 2.87. The zero-order valence-corrected chi connectivity index (χ0v) is 18.2. The second kappa shape index (κ2) is 10.2. The lowest BCUT2D eigenvalue weighted by molar-refractivity contribution is 0.374. The lowest BCUT2D eigenvalue weighted by Gasteiger charge is -2.12. The van der Waals surface area contributed by atoms with Crippen LogP contribution in [0.2, 0.25) is 0 Å². The van der Waals surface area contributed by atoms with E-state index in [2.05, 4.69) is 47.5 Å². The van der Waals surface area contributed by atoms with Crippen LogP contribution in [0.5, 0.6) is 0 Å². The summed E-state index contributed by atoms with van der Waals surface area (Å²) in [6.45, 7) is 6.29. The largest absolute Gasteiger partial charge is 0.356 e. The maximum atomic E-state index is 5.10. The topological polar surface area (TPSA) is 93.2 Å². The molecule has 2 N–H and O–H groups in total. The Bertz CT molecular complexity index is 887. The molecule has 0 aliphatic rings. The second-order valence-corrected chi connectivity index (χ2v) is 6.06. The van der Waals surface area contributed by atoms with E-state index in [4.69, 9.17) is 4.52 Å². The molecular weight excluding hydrogens is 457 g/mol. The molecule has 3 aromatic rings. The summed E-state index contributed by atoms with van der Waals surface area (Å²) in [7, 11) is 1.76. The van der Waals surface area contributed by atoms with E-state index in [0.717, 1.165) is 36.8 Å². The number of hydrogen-bond acceptors (Lipinski definition) is 5. The summed E-state index contributed by atoms with van der Waals surface area (Å²) in [5.41, 5.74) is 2.23. The number of benzene rings is 1. The van der Waals surface area contributed by atoms with Crippen LogP contribution < -0.4 is 10.6 Å². The molecule has 1 aromatic carbocycles. The van der Waals surface area contributed by atoms with Gasteiger partial charge in [0.1, 0.15) is 5.82 Å². The quantitative estimate of drug-likeness (QED) is 0.232. The maximum absolute atomic E-state index is 5.10. The molecule has 0 unspecified atom stereocenters. The number of para-hydroxylation sites is 2. The monoisotopic (exact) mass is 483 g/mol. The van der Waals surface area contributed by atoms with Crippen molar-refractivity contribution in [1.29, 1.82) is 0 Å². The zero-order chi connectivity index (χ0) is 18.4. The Kier molecular flexibility index (Phi) is 8.01. The van der Waals surface area contributed by atoms with Gasteiger partial charge in [-0.05, 0) is 32.4 Å². The molecule has 0 aliphatic carbocycles. The fraction of sp³-hybridized carbons (Fsp3) is 0.444. The van der Waals surface area contributed by atoms with Gasteiger partial charge in [-0.25, -0.2) is 4.98 Å². The first-order chi connectivity index (χ1) is 12.7. The molecule has 0 saturated carbocycles. The Morgan fingerprint density at radius 3 is 2.67 bits per heavy atom. The third-order valence-corrected chi connectivity index (χ3v) is 4.12. The summed E-state index contributed by atoms with van der Waals surface area (Å²) in [6, 6.07) is 8.23. The molecule has 9 heteroatoms. The number of aliphatic imine (C=N–C) groups is 1. The number of hydrogen-bond donors (Lipinski definition) is 2. The minimum atomic E-state index is 0. The molecule has 2 aromatic heterocycles. The van der Waals surface area contributed by atoms with Crippen LogP contribution in [-0.4, -0.2) is 45.8 Å². The minimum Gasteiger partial charge on any atom is -0.356 e. The standard InChI is InChI=1S/C18H25N7O.HI/c1-13-22-17(26-24-13)9-11-21-18(19-3)20-10-6-12-25-14(2)23-15-7-4-5-8-16(15)25;/h4-5,7-8H,6,9-12H2,1-3H3,(H2,19,20,21);1H. The average Bonchev–Trinajstić information content (AvgIpc) is 3.19. The van der Waals surface area contributed by atoms with Crippen LogP contribution in [0.3, 0.4) is 0 Å². The highest BCUT2D eigenvalue weighted by Crippen LogP contribution is 2.15. The van der Waals surface area contributed by atoms with Gasteiger partial charge in [-0.2, -0.15) is 4.98 Å². The van der Waals surface area contributed by atoms with Crippen molar-refractivity contribution >= 4 is 41.0 Å². The summed E-state index contributed by atoms with van der Waals surface area (Å²) in [6.07, 6.45) is 1.65. The number of rotatable bonds is 7. The lowest BCUT2D eigenvalue weighted by Crippen LogP contribution is -2.39. The zero-order valence-electron chi connectivity index (χ0n) is 15.9. The molecule has 0 amide bonds. The Morgan fingerprint density at radius 1 is 1.15 bits per heavy atom. The molecule has 0 saturated heterocycles. The number of halogens is 1. The van der Waals surface area contributed by atoms with E-state index in [1.165, 1.54) is 5.52 Å². The molecule has 0 spiro atoms. The van der Waals surface area contributed by atoms with Crippen molar-refractivity contribution in [1.82, 2.24) is 30.3 Å². The fourth-order valence-electron chi connectivity index (χ4n) is 2.87. The van der Waals surface area contributed by atoms with Crippen LogP contribution in [0.25, 0.3) is 11.0 Å². The van der Waals surface area contributed by atoms with Crippen LogP contribution in [0.15, 0.2) is 33.8 Å². The number of guanidine groups is 1. The van der Waals surface area contributed by atoms with E-state index < -0.39 is 0 Å². The molecule has 2 heterocycles. The Balaban J connectivity index is 0.00000261. The first kappa shape index (κ1) is 21.1. The predicted octanol–water partition coefficient (Wildman–Crippen LogP) is 2.45. The van der Waals surface area contributed by atoms with Gasteiger partial charge in [0, 0.05) is 33.1 Å². The Morgan fingerprint density at radius 2 is 1.93 bits per heavy atom. The Hall–Kier alpha value is -2.17. The average molecular weight is 483 g/mol. The molecule has 8 nitrogen and oxygen atoms in total. The summed E-state index contributed by atoms with van der Waals surface area (Å²) < 4.78 is 7.35. The van der Waals surface area contributed by atoms with E-state index in [1.807, 2.05) is 26.0 Å². The van der Waals surface area contributed by atoms with Gasteiger partial charge < -0.3 is 19.7 Å². The van der Waals surface area contributed by atoms with Gasteiger partial charge in [-0.1, -0.05) is 17.3 Å². The second-order valence-electron chi connectivity index (χ2n) is 6.06. The van der Waals surface area contributed by atoms with E-state index in [9.17, 15) is 0 Å².